The second-order valence-electron chi connectivity index (χ2n) is 5.25. The van der Waals surface area contributed by atoms with Crippen molar-refractivity contribution < 1.29 is 14.3 Å². The van der Waals surface area contributed by atoms with Crippen LogP contribution in [0.25, 0.3) is 0 Å². The first-order chi connectivity index (χ1) is 8.60. The molecule has 0 aliphatic rings. The SMILES string of the molecule is C[Si](C)(C)Oc1c(I)cc(C[C@@H](N)C(=O)O)cc1I. The van der Waals surface area contributed by atoms with Crippen molar-refractivity contribution in [3.63, 3.8) is 0 Å². The van der Waals surface area contributed by atoms with E-state index in [9.17, 15) is 4.79 Å². The van der Waals surface area contributed by atoms with E-state index in [1.807, 2.05) is 12.1 Å². The Hall–Kier alpha value is 0.127. The van der Waals surface area contributed by atoms with Crippen LogP contribution in [0.4, 0.5) is 0 Å². The van der Waals surface area contributed by atoms with Crippen LogP contribution in [0.1, 0.15) is 5.56 Å². The van der Waals surface area contributed by atoms with E-state index in [-0.39, 0.29) is 0 Å². The van der Waals surface area contributed by atoms with Crippen molar-refractivity contribution in [3.05, 3.63) is 24.8 Å². The molecule has 0 aromatic heterocycles. The van der Waals surface area contributed by atoms with E-state index in [2.05, 4.69) is 64.8 Å². The monoisotopic (exact) mass is 505 g/mol. The molecule has 0 amide bonds. The van der Waals surface area contributed by atoms with Crippen LogP contribution >= 0.6 is 45.2 Å². The highest BCUT2D eigenvalue weighted by molar-refractivity contribution is 14.1. The number of carbonyl (C=O) groups is 1. The van der Waals surface area contributed by atoms with Crippen molar-refractivity contribution in [2.45, 2.75) is 32.1 Å². The van der Waals surface area contributed by atoms with Crippen LogP contribution in [0.15, 0.2) is 12.1 Å². The Labute approximate surface area is 141 Å². The highest BCUT2D eigenvalue weighted by Crippen LogP contribution is 2.31. The first-order valence-electron chi connectivity index (χ1n) is 5.75. The third kappa shape index (κ3) is 5.56. The first kappa shape index (κ1) is 17.2. The number of hydrogen-bond acceptors (Lipinski definition) is 3. The van der Waals surface area contributed by atoms with Gasteiger partial charge in [0, 0.05) is 0 Å². The van der Waals surface area contributed by atoms with Gasteiger partial charge in [-0.1, -0.05) is 0 Å². The maximum absolute atomic E-state index is 10.8. The summed E-state index contributed by atoms with van der Waals surface area (Å²) in [6, 6.07) is 3.03. The average Bonchev–Trinajstić information content (AvgIpc) is 2.22. The molecule has 4 nitrogen and oxygen atoms in total. The van der Waals surface area contributed by atoms with Crippen LogP contribution in [0, 0.1) is 7.14 Å². The van der Waals surface area contributed by atoms with Gasteiger partial charge in [-0.05, 0) is 88.9 Å². The number of halogens is 2. The lowest BCUT2D eigenvalue weighted by Gasteiger charge is -2.22. The van der Waals surface area contributed by atoms with Crippen molar-refractivity contribution in [3.8, 4) is 5.75 Å². The molecule has 0 fully saturated rings. The molecule has 3 N–H and O–H groups in total. The van der Waals surface area contributed by atoms with E-state index in [1.165, 1.54) is 0 Å². The number of aliphatic carboxylic acids is 1. The third-order valence-corrected chi connectivity index (χ3v) is 4.66. The number of carboxylic acids is 1. The lowest BCUT2D eigenvalue weighted by Crippen LogP contribution is -2.32. The van der Waals surface area contributed by atoms with E-state index in [1.54, 1.807) is 0 Å². The molecule has 0 bridgehead atoms. The van der Waals surface area contributed by atoms with Gasteiger partial charge in [0.25, 0.3) is 0 Å². The van der Waals surface area contributed by atoms with Crippen LogP contribution in [-0.2, 0) is 11.2 Å². The summed E-state index contributed by atoms with van der Waals surface area (Å²) < 4.78 is 8.05. The predicted molar refractivity (Wildman–Crippen MR) is 95.2 cm³/mol. The summed E-state index contributed by atoms with van der Waals surface area (Å²) in [6.45, 7) is 6.40. The molecular weight excluding hydrogens is 488 g/mol. The van der Waals surface area contributed by atoms with Crippen LogP contribution in [0.2, 0.25) is 19.6 Å². The lowest BCUT2D eigenvalue weighted by atomic mass is 10.1. The molecule has 0 saturated heterocycles. The molecule has 1 aromatic rings. The number of carboxylic acid groups (broad SMARTS) is 1. The molecule has 19 heavy (non-hydrogen) atoms. The third-order valence-electron chi connectivity index (χ3n) is 2.24. The molecule has 0 aliphatic heterocycles. The molecular formula is C12H17I2NO3Si. The van der Waals surface area contributed by atoms with Crippen LogP contribution in [0.3, 0.4) is 0 Å². The summed E-state index contributed by atoms with van der Waals surface area (Å²) in [7, 11) is -1.66. The quantitative estimate of drug-likeness (QED) is 0.477. The Balaban J connectivity index is 3.00. The zero-order valence-corrected chi connectivity index (χ0v) is 16.4. The average molecular weight is 505 g/mol. The van der Waals surface area contributed by atoms with E-state index in [4.69, 9.17) is 15.3 Å². The normalized spacial score (nSPS) is 13.2. The predicted octanol–water partition coefficient (Wildman–Crippen LogP) is 3.06. The fourth-order valence-corrected chi connectivity index (χ4v) is 4.84. The molecule has 0 unspecified atom stereocenters. The standard InChI is InChI=1S/C12H17I2NO3Si/c1-19(2,3)18-11-8(13)4-7(5-9(11)14)6-10(15)12(16)17/h4-5,10H,6,15H2,1-3H3,(H,16,17)/t10-/m1/s1. The Morgan fingerprint density at radius 3 is 2.21 bits per heavy atom. The van der Waals surface area contributed by atoms with E-state index in [0.717, 1.165) is 18.5 Å². The maximum Gasteiger partial charge on any atom is 0.320 e. The zero-order chi connectivity index (χ0) is 14.8. The Kier molecular flexibility index (Phi) is 6.08. The van der Waals surface area contributed by atoms with Gasteiger partial charge in [0.1, 0.15) is 11.8 Å². The van der Waals surface area contributed by atoms with Crippen molar-refractivity contribution in [1.29, 1.82) is 0 Å². The van der Waals surface area contributed by atoms with Crippen molar-refractivity contribution in [2.75, 3.05) is 0 Å². The van der Waals surface area contributed by atoms with E-state index < -0.39 is 20.3 Å². The van der Waals surface area contributed by atoms with Gasteiger partial charge in [-0.15, -0.1) is 0 Å². The maximum atomic E-state index is 10.8. The molecule has 7 heteroatoms. The van der Waals surface area contributed by atoms with Gasteiger partial charge in [-0.3, -0.25) is 4.79 Å². The number of benzene rings is 1. The Bertz CT molecular complexity index is 465. The molecule has 1 rings (SSSR count). The van der Waals surface area contributed by atoms with Crippen LogP contribution in [-0.4, -0.2) is 25.4 Å². The minimum Gasteiger partial charge on any atom is -0.543 e. The Morgan fingerprint density at radius 1 is 1.37 bits per heavy atom. The highest BCUT2D eigenvalue weighted by Gasteiger charge is 2.21. The van der Waals surface area contributed by atoms with Gasteiger partial charge in [-0.25, -0.2) is 0 Å². The van der Waals surface area contributed by atoms with Crippen molar-refractivity contribution in [1.82, 2.24) is 0 Å². The first-order valence-corrected chi connectivity index (χ1v) is 11.3. The summed E-state index contributed by atoms with van der Waals surface area (Å²) >= 11 is 4.44. The van der Waals surface area contributed by atoms with Gasteiger partial charge in [0.2, 0.25) is 8.32 Å². The lowest BCUT2D eigenvalue weighted by molar-refractivity contribution is -0.138. The van der Waals surface area contributed by atoms with Gasteiger partial charge in [0.05, 0.1) is 7.14 Å². The topological polar surface area (TPSA) is 72.5 Å². The summed E-state index contributed by atoms with van der Waals surface area (Å²) in [5.41, 5.74) is 6.48. The van der Waals surface area contributed by atoms with Gasteiger partial charge >= 0.3 is 5.97 Å². The summed E-state index contributed by atoms with van der Waals surface area (Å²) in [6.07, 6.45) is 0.328. The van der Waals surface area contributed by atoms with Gasteiger partial charge in [0.15, 0.2) is 0 Å². The largest absolute Gasteiger partial charge is 0.543 e. The fraction of sp³-hybridized carbons (Fsp3) is 0.417. The molecule has 1 atom stereocenters. The molecule has 106 valence electrons. The van der Waals surface area contributed by atoms with Crippen LogP contribution in [0.5, 0.6) is 5.75 Å². The molecule has 0 aliphatic carbocycles. The van der Waals surface area contributed by atoms with Crippen LogP contribution < -0.4 is 10.2 Å². The molecule has 1 aromatic carbocycles. The smallest absolute Gasteiger partial charge is 0.320 e. The number of nitrogens with two attached hydrogens (primary N) is 1. The van der Waals surface area contributed by atoms with Gasteiger partial charge < -0.3 is 15.3 Å². The second-order valence-corrected chi connectivity index (χ2v) is 12.0. The molecule has 0 radical (unpaired) electrons. The highest BCUT2D eigenvalue weighted by atomic mass is 127. The molecule has 0 heterocycles. The van der Waals surface area contributed by atoms with E-state index in [0.29, 0.717) is 6.42 Å². The van der Waals surface area contributed by atoms with Gasteiger partial charge in [-0.2, -0.15) is 0 Å². The Morgan fingerprint density at radius 2 is 1.84 bits per heavy atom. The molecule has 0 spiro atoms. The summed E-state index contributed by atoms with van der Waals surface area (Å²) in [4.78, 5) is 10.8. The number of rotatable bonds is 5. The fourth-order valence-electron chi connectivity index (χ4n) is 1.48. The van der Waals surface area contributed by atoms with E-state index >= 15 is 0 Å². The van der Waals surface area contributed by atoms with Crippen molar-refractivity contribution in [2.24, 2.45) is 5.73 Å². The zero-order valence-electron chi connectivity index (χ0n) is 11.0. The van der Waals surface area contributed by atoms with Crippen molar-refractivity contribution >= 4 is 59.5 Å². The minimum absolute atomic E-state index is 0.328. The summed E-state index contributed by atoms with van der Waals surface area (Å²) in [5, 5.41) is 8.84. The second kappa shape index (κ2) is 6.72. The number of hydrogen-bond donors (Lipinski definition) is 2. The molecule has 0 saturated carbocycles. The minimum atomic E-state index is -1.66. The summed E-state index contributed by atoms with van der Waals surface area (Å²) in [5.74, 6) is -0.0829.